The Morgan fingerprint density at radius 1 is 0.889 bits per heavy atom. The summed E-state index contributed by atoms with van der Waals surface area (Å²) in [5, 5.41) is 0. The lowest BCUT2D eigenvalue weighted by molar-refractivity contribution is 0.220. The monoisotopic (exact) mass is 126 g/mol. The molecule has 0 spiro atoms. The summed E-state index contributed by atoms with van der Waals surface area (Å²) in [5.41, 5.74) is 0. The molecule has 0 aromatic rings. The van der Waals surface area contributed by atoms with Crippen molar-refractivity contribution in [3.63, 3.8) is 0 Å². The zero-order chi connectivity index (χ0) is 6.85. The minimum atomic E-state index is 0.980. The van der Waals surface area contributed by atoms with Gasteiger partial charge in [0, 0.05) is 0 Å². The Balaban J connectivity index is 2.35. The van der Waals surface area contributed by atoms with Crippen LogP contribution in [-0.2, 0) is 0 Å². The highest BCUT2D eigenvalue weighted by atomic mass is 14.3. The van der Waals surface area contributed by atoms with E-state index in [1.807, 2.05) is 0 Å². The van der Waals surface area contributed by atoms with Crippen LogP contribution in [0.3, 0.4) is 0 Å². The molecule has 0 nitrogen and oxygen atoms in total. The third-order valence-electron chi connectivity index (χ3n) is 2.86. The predicted octanol–water partition coefficient (Wildman–Crippen LogP) is 3.08. The fourth-order valence-corrected chi connectivity index (χ4v) is 1.82. The van der Waals surface area contributed by atoms with E-state index in [1.54, 1.807) is 0 Å². The van der Waals surface area contributed by atoms with Gasteiger partial charge in [-0.2, -0.15) is 0 Å². The van der Waals surface area contributed by atoms with Crippen molar-refractivity contribution in [1.29, 1.82) is 0 Å². The molecule has 0 aromatic carbocycles. The van der Waals surface area contributed by atoms with Crippen LogP contribution in [0.25, 0.3) is 0 Å². The minimum absolute atomic E-state index is 0.980. The maximum Gasteiger partial charge on any atom is -0.0414 e. The molecule has 1 fully saturated rings. The summed E-state index contributed by atoms with van der Waals surface area (Å²) in [4.78, 5) is 0. The lowest BCUT2D eigenvalue weighted by Gasteiger charge is -2.29. The van der Waals surface area contributed by atoms with Gasteiger partial charge in [-0.3, -0.25) is 0 Å². The molecule has 0 saturated heterocycles. The van der Waals surface area contributed by atoms with Gasteiger partial charge in [0.05, 0.1) is 0 Å². The van der Waals surface area contributed by atoms with E-state index in [0.717, 1.165) is 17.8 Å². The van der Waals surface area contributed by atoms with Crippen molar-refractivity contribution in [1.82, 2.24) is 0 Å². The molecule has 0 radical (unpaired) electrons. The third-order valence-corrected chi connectivity index (χ3v) is 2.86. The summed E-state index contributed by atoms with van der Waals surface area (Å²) in [5.74, 6) is 2.96. The SMILES string of the molecule is CC1CC[C@H](C)C[C@H]1C. The highest BCUT2D eigenvalue weighted by molar-refractivity contribution is 4.72. The van der Waals surface area contributed by atoms with E-state index in [2.05, 4.69) is 20.8 Å². The van der Waals surface area contributed by atoms with Crippen molar-refractivity contribution in [3.05, 3.63) is 0 Å². The quantitative estimate of drug-likeness (QED) is 0.468. The van der Waals surface area contributed by atoms with E-state index < -0.39 is 0 Å². The van der Waals surface area contributed by atoms with Gasteiger partial charge in [0.25, 0.3) is 0 Å². The molecule has 1 saturated carbocycles. The van der Waals surface area contributed by atoms with E-state index in [4.69, 9.17) is 0 Å². The van der Waals surface area contributed by atoms with E-state index >= 15 is 0 Å². The molecule has 1 aliphatic rings. The smallest absolute Gasteiger partial charge is 0.0414 e. The first-order valence-corrected chi connectivity index (χ1v) is 4.20. The van der Waals surface area contributed by atoms with E-state index in [-0.39, 0.29) is 0 Å². The highest BCUT2D eigenvalue weighted by Crippen LogP contribution is 2.32. The van der Waals surface area contributed by atoms with E-state index in [1.165, 1.54) is 19.3 Å². The zero-order valence-electron chi connectivity index (χ0n) is 6.85. The Labute approximate surface area is 58.7 Å². The van der Waals surface area contributed by atoms with Crippen LogP contribution < -0.4 is 0 Å². The van der Waals surface area contributed by atoms with Crippen molar-refractivity contribution >= 4 is 0 Å². The van der Waals surface area contributed by atoms with Crippen LogP contribution >= 0.6 is 0 Å². The van der Waals surface area contributed by atoms with Crippen LogP contribution in [0.15, 0.2) is 0 Å². The summed E-state index contributed by atoms with van der Waals surface area (Å²) in [6.45, 7) is 7.15. The molecule has 0 aromatic heterocycles. The molecule has 1 unspecified atom stereocenters. The average Bonchev–Trinajstić information content (AvgIpc) is 1.80. The van der Waals surface area contributed by atoms with Crippen molar-refractivity contribution in [3.8, 4) is 0 Å². The van der Waals surface area contributed by atoms with Gasteiger partial charge >= 0.3 is 0 Å². The molecule has 0 amide bonds. The number of rotatable bonds is 0. The Bertz CT molecular complexity index is 86.0. The molecule has 0 bridgehead atoms. The van der Waals surface area contributed by atoms with Gasteiger partial charge < -0.3 is 0 Å². The second kappa shape index (κ2) is 2.72. The molecule has 0 N–H and O–H groups in total. The summed E-state index contributed by atoms with van der Waals surface area (Å²) in [6, 6.07) is 0. The molecule has 0 heteroatoms. The first kappa shape index (κ1) is 7.11. The van der Waals surface area contributed by atoms with Crippen LogP contribution in [0.1, 0.15) is 40.0 Å². The van der Waals surface area contributed by atoms with Crippen molar-refractivity contribution in [2.24, 2.45) is 17.8 Å². The maximum atomic E-state index is 2.39. The van der Waals surface area contributed by atoms with Gasteiger partial charge in [-0.1, -0.05) is 33.6 Å². The van der Waals surface area contributed by atoms with Crippen LogP contribution in [0.4, 0.5) is 0 Å². The molecule has 54 valence electrons. The molecule has 1 aliphatic carbocycles. The van der Waals surface area contributed by atoms with Gasteiger partial charge in [0.1, 0.15) is 0 Å². The first-order chi connectivity index (χ1) is 4.20. The summed E-state index contributed by atoms with van der Waals surface area (Å²) < 4.78 is 0. The third kappa shape index (κ3) is 1.70. The van der Waals surface area contributed by atoms with E-state index in [0.29, 0.717) is 0 Å². The summed E-state index contributed by atoms with van der Waals surface area (Å²) >= 11 is 0. The summed E-state index contributed by atoms with van der Waals surface area (Å²) in [6.07, 6.45) is 4.38. The summed E-state index contributed by atoms with van der Waals surface area (Å²) in [7, 11) is 0. The average molecular weight is 126 g/mol. The minimum Gasteiger partial charge on any atom is -0.0625 e. The first-order valence-electron chi connectivity index (χ1n) is 4.20. The molecule has 3 atom stereocenters. The Morgan fingerprint density at radius 2 is 1.56 bits per heavy atom. The zero-order valence-corrected chi connectivity index (χ0v) is 6.85. The largest absolute Gasteiger partial charge is 0.0625 e. The predicted molar refractivity (Wildman–Crippen MR) is 41.3 cm³/mol. The molecule has 9 heavy (non-hydrogen) atoms. The highest BCUT2D eigenvalue weighted by Gasteiger charge is 2.20. The van der Waals surface area contributed by atoms with Crippen molar-refractivity contribution in [2.45, 2.75) is 40.0 Å². The lowest BCUT2D eigenvalue weighted by atomic mass is 9.77. The Kier molecular flexibility index (Phi) is 2.15. The fourth-order valence-electron chi connectivity index (χ4n) is 1.82. The topological polar surface area (TPSA) is 0 Å². The van der Waals surface area contributed by atoms with Crippen LogP contribution in [0, 0.1) is 17.8 Å². The standard InChI is InChI=1S/C9H18/c1-7-4-5-8(2)9(3)6-7/h7-9H,4-6H2,1-3H3/t7-,8?,9+/m0/s1. The molecular weight excluding hydrogens is 108 g/mol. The Morgan fingerprint density at radius 3 is 2.00 bits per heavy atom. The van der Waals surface area contributed by atoms with Crippen molar-refractivity contribution < 1.29 is 0 Å². The van der Waals surface area contributed by atoms with Crippen LogP contribution in [-0.4, -0.2) is 0 Å². The molecule has 1 rings (SSSR count). The van der Waals surface area contributed by atoms with Gasteiger partial charge in [0.2, 0.25) is 0 Å². The van der Waals surface area contributed by atoms with Gasteiger partial charge in [-0.15, -0.1) is 0 Å². The Hall–Kier alpha value is 0. The van der Waals surface area contributed by atoms with Gasteiger partial charge in [0.15, 0.2) is 0 Å². The van der Waals surface area contributed by atoms with Gasteiger partial charge in [-0.05, 0) is 24.2 Å². The number of hydrogen-bond acceptors (Lipinski definition) is 0. The lowest BCUT2D eigenvalue weighted by Crippen LogP contribution is -2.18. The van der Waals surface area contributed by atoms with Gasteiger partial charge in [-0.25, -0.2) is 0 Å². The van der Waals surface area contributed by atoms with Crippen LogP contribution in [0.2, 0.25) is 0 Å². The molecule has 0 aliphatic heterocycles. The molecular formula is C9H18. The van der Waals surface area contributed by atoms with E-state index in [9.17, 15) is 0 Å². The molecule has 0 heterocycles. The van der Waals surface area contributed by atoms with Crippen LogP contribution in [0.5, 0.6) is 0 Å². The normalized spacial score (nSPS) is 45.0. The fraction of sp³-hybridized carbons (Fsp3) is 1.00. The maximum absolute atomic E-state index is 2.39. The second-order valence-corrected chi connectivity index (χ2v) is 3.87. The van der Waals surface area contributed by atoms with Crippen molar-refractivity contribution in [2.75, 3.05) is 0 Å². The number of hydrogen-bond donors (Lipinski definition) is 0. The second-order valence-electron chi connectivity index (χ2n) is 3.87.